The largest absolute Gasteiger partial charge is 0.502 e. The summed E-state index contributed by atoms with van der Waals surface area (Å²) in [5.74, 6) is -2.28. The number of ether oxygens (including phenoxy) is 1. The number of thiophene rings is 1. The molecule has 0 aliphatic rings. The second-order valence-corrected chi connectivity index (χ2v) is 14.4. The van der Waals surface area contributed by atoms with Gasteiger partial charge in [0, 0.05) is 12.1 Å². The molecule has 0 aliphatic carbocycles. The van der Waals surface area contributed by atoms with Crippen LogP contribution >= 0.6 is 30.5 Å². The Morgan fingerprint density at radius 3 is 2.38 bits per heavy atom. The molecule has 0 bridgehead atoms. The van der Waals surface area contributed by atoms with Gasteiger partial charge >= 0.3 is 13.1 Å². The Labute approximate surface area is 217 Å². The molecule has 0 saturated heterocycles. The summed E-state index contributed by atoms with van der Waals surface area (Å²) < 4.78 is 124. The molecule has 3 rings (SSSR count). The first-order valence-corrected chi connectivity index (χ1v) is 15.9. The Morgan fingerprint density at radius 1 is 1.11 bits per heavy atom. The van der Waals surface area contributed by atoms with Crippen molar-refractivity contribution in [1.29, 1.82) is 0 Å². The van der Waals surface area contributed by atoms with Crippen molar-refractivity contribution in [3.63, 3.8) is 0 Å². The molecule has 1 unspecified atom stereocenters. The van der Waals surface area contributed by atoms with Crippen LogP contribution in [0.5, 0.6) is 11.5 Å². The highest BCUT2D eigenvalue weighted by atomic mass is 35.5. The van der Waals surface area contributed by atoms with E-state index in [1.54, 1.807) is 6.07 Å². The number of halogens is 5. The van der Waals surface area contributed by atoms with Gasteiger partial charge in [0.25, 0.3) is 19.9 Å². The van der Waals surface area contributed by atoms with E-state index < -0.39 is 55.7 Å². The number of nitrogens with one attached hydrogen (secondary N) is 1. The predicted octanol–water partition coefficient (Wildman–Crippen LogP) is 5.28. The van der Waals surface area contributed by atoms with Crippen molar-refractivity contribution in [2.24, 2.45) is 0 Å². The van der Waals surface area contributed by atoms with Gasteiger partial charge in [-0.2, -0.15) is 17.9 Å². The van der Waals surface area contributed by atoms with E-state index >= 15 is 0 Å². The molecule has 37 heavy (non-hydrogen) atoms. The lowest BCUT2D eigenvalue weighted by molar-refractivity contribution is -0.0437. The molecule has 1 heterocycles. The Morgan fingerprint density at radius 2 is 1.78 bits per heavy atom. The molecule has 0 spiro atoms. The molecule has 0 aliphatic heterocycles. The van der Waals surface area contributed by atoms with Crippen molar-refractivity contribution < 1.29 is 53.1 Å². The van der Waals surface area contributed by atoms with Crippen LogP contribution in [-0.4, -0.2) is 40.1 Å². The van der Waals surface area contributed by atoms with Gasteiger partial charge in [-0.1, -0.05) is 18.5 Å². The first-order chi connectivity index (χ1) is 17.0. The molecule has 9 nitrogen and oxygen atoms in total. The Bertz CT molecular complexity index is 1590. The summed E-state index contributed by atoms with van der Waals surface area (Å²) in [6, 6.07) is 5.24. The maximum Gasteiger partial charge on any atom is 0.502 e. The highest BCUT2D eigenvalue weighted by Gasteiger charge is 2.48. The van der Waals surface area contributed by atoms with Gasteiger partial charge in [-0.25, -0.2) is 25.8 Å². The molecule has 0 fully saturated rings. The third kappa shape index (κ3) is 6.74. The second kappa shape index (κ2) is 10.7. The number of sulfonamides is 1. The summed E-state index contributed by atoms with van der Waals surface area (Å²) >= 11 is 6.98. The van der Waals surface area contributed by atoms with Gasteiger partial charge < -0.3 is 14.2 Å². The van der Waals surface area contributed by atoms with E-state index in [1.165, 1.54) is 12.1 Å². The van der Waals surface area contributed by atoms with Gasteiger partial charge in [-0.3, -0.25) is 0 Å². The number of fused-ring (bicyclic) bond motifs is 1. The fraction of sp³-hybridized carbons (Fsp3) is 0.263. The zero-order chi connectivity index (χ0) is 27.8. The van der Waals surface area contributed by atoms with Crippen molar-refractivity contribution in [2.45, 2.75) is 28.0 Å². The van der Waals surface area contributed by atoms with E-state index in [4.69, 9.17) is 16.3 Å². The van der Waals surface area contributed by atoms with E-state index in [1.807, 2.05) is 11.6 Å². The van der Waals surface area contributed by atoms with Gasteiger partial charge in [-0.05, 0) is 36.1 Å². The third-order valence-electron chi connectivity index (χ3n) is 4.46. The normalized spacial score (nSPS) is 14.5. The maximum atomic E-state index is 14.0. The number of benzene rings is 2. The van der Waals surface area contributed by atoms with Gasteiger partial charge in [0.05, 0.1) is 16.3 Å². The molecule has 2 N–H and O–H groups in total. The molecule has 1 atom stereocenters. The van der Waals surface area contributed by atoms with Crippen LogP contribution in [0.1, 0.15) is 13.3 Å². The summed E-state index contributed by atoms with van der Waals surface area (Å²) in [6.45, 7) is 2.31. The van der Waals surface area contributed by atoms with Gasteiger partial charge in [0.2, 0.25) is 0 Å². The molecule has 204 valence electrons. The van der Waals surface area contributed by atoms with Crippen molar-refractivity contribution in [2.75, 3.05) is 12.9 Å². The number of hydrogen-bond donors (Lipinski definition) is 2. The summed E-state index contributed by atoms with van der Waals surface area (Å²) in [5.41, 5.74) is -5.78. The minimum absolute atomic E-state index is 0.155. The molecule has 18 heteroatoms. The quantitative estimate of drug-likeness (QED) is 0.230. The van der Waals surface area contributed by atoms with E-state index in [-0.39, 0.29) is 21.4 Å². The van der Waals surface area contributed by atoms with Crippen LogP contribution in [0.2, 0.25) is 5.02 Å². The zero-order valence-electron chi connectivity index (χ0n) is 18.5. The smallest absolute Gasteiger partial charge is 0.494 e. The van der Waals surface area contributed by atoms with Crippen molar-refractivity contribution >= 4 is 60.5 Å². The lowest BCUT2D eigenvalue weighted by Crippen LogP contribution is -2.25. The van der Waals surface area contributed by atoms with Crippen LogP contribution in [0, 0.1) is 5.82 Å². The van der Waals surface area contributed by atoms with E-state index in [0.29, 0.717) is 28.5 Å². The third-order valence-corrected chi connectivity index (χ3v) is 10.7. The highest BCUT2D eigenvalue weighted by Crippen LogP contribution is 2.43. The standard InChI is InChI=1S/C19H17ClF4NO8PS3/c1-2-5-32-13-6-11-7-17(35-18(11)14(20)8-13)37(30,31)25-10-34(26,27)33-12-3-4-16(15(21)9-12)36(28,29)19(22,23)24/h3-4,6-9,25H,2,5,10H2,1H3,(H,26,27). The van der Waals surface area contributed by atoms with Crippen LogP contribution in [0.15, 0.2) is 45.5 Å². The summed E-state index contributed by atoms with van der Waals surface area (Å²) in [7, 11) is -15.3. The van der Waals surface area contributed by atoms with Gasteiger partial charge in [0.1, 0.15) is 32.7 Å². The highest BCUT2D eigenvalue weighted by molar-refractivity contribution is 7.92. The zero-order valence-corrected chi connectivity index (χ0v) is 22.6. The monoisotopic (exact) mass is 625 g/mol. The minimum Gasteiger partial charge on any atom is -0.494 e. The fourth-order valence-electron chi connectivity index (χ4n) is 2.81. The maximum absolute atomic E-state index is 14.0. The van der Waals surface area contributed by atoms with Crippen LogP contribution in [0.4, 0.5) is 17.6 Å². The molecular formula is C19H17ClF4NO8PS3. The lowest BCUT2D eigenvalue weighted by Gasteiger charge is -2.15. The fourth-order valence-corrected chi connectivity index (χ4v) is 7.87. The molecule has 1 aromatic heterocycles. The summed E-state index contributed by atoms with van der Waals surface area (Å²) in [6.07, 6.45) is -0.470. The molecule has 0 saturated carbocycles. The van der Waals surface area contributed by atoms with Crippen LogP contribution < -0.4 is 14.0 Å². The van der Waals surface area contributed by atoms with Crippen molar-refractivity contribution in [1.82, 2.24) is 4.72 Å². The molecular weight excluding hydrogens is 609 g/mol. The number of rotatable bonds is 10. The lowest BCUT2D eigenvalue weighted by atomic mass is 10.2. The van der Waals surface area contributed by atoms with E-state index in [2.05, 4.69) is 4.52 Å². The predicted molar refractivity (Wildman–Crippen MR) is 128 cm³/mol. The molecule has 0 amide bonds. The summed E-state index contributed by atoms with van der Waals surface area (Å²) in [5, 5.41) is 0.668. The first kappa shape index (κ1) is 29.6. The Kier molecular flexibility index (Phi) is 8.54. The average Bonchev–Trinajstić information content (AvgIpc) is 3.21. The van der Waals surface area contributed by atoms with Crippen molar-refractivity contribution in [3.8, 4) is 11.5 Å². The van der Waals surface area contributed by atoms with Gasteiger partial charge in [0.15, 0.2) is 0 Å². The second-order valence-electron chi connectivity index (χ2n) is 7.31. The average molecular weight is 626 g/mol. The van der Waals surface area contributed by atoms with E-state index in [0.717, 1.165) is 17.8 Å². The van der Waals surface area contributed by atoms with Crippen molar-refractivity contribution in [3.05, 3.63) is 47.2 Å². The Hall–Kier alpha value is -1.94. The van der Waals surface area contributed by atoms with Crippen LogP contribution in [-0.2, 0) is 24.4 Å². The summed E-state index contributed by atoms with van der Waals surface area (Å²) in [4.78, 5) is 8.27. The first-order valence-electron chi connectivity index (χ1n) is 9.95. The SMILES string of the molecule is CCCOc1cc(Cl)c2sc(S(=O)(=O)NCP(=O)(O)Oc3ccc(S(=O)(=O)C(F)(F)F)c(F)c3)cc2c1. The minimum atomic E-state index is -6.02. The van der Waals surface area contributed by atoms with Crippen LogP contribution in [0.3, 0.4) is 0 Å². The molecule has 3 aromatic rings. The molecule has 2 aromatic carbocycles. The Balaban J connectivity index is 1.76. The van der Waals surface area contributed by atoms with Crippen LogP contribution in [0.25, 0.3) is 10.1 Å². The number of sulfone groups is 1. The van der Waals surface area contributed by atoms with Gasteiger partial charge in [-0.15, -0.1) is 11.3 Å². The number of alkyl halides is 3. The topological polar surface area (TPSA) is 136 Å². The molecule has 0 radical (unpaired) electrons. The van der Waals surface area contributed by atoms with E-state index in [9.17, 15) is 43.9 Å². The number of hydrogen-bond acceptors (Lipinski definition) is 8.